The first-order valence-corrected chi connectivity index (χ1v) is 8.83. The van der Waals surface area contributed by atoms with Crippen molar-refractivity contribution in [2.24, 2.45) is 0 Å². The zero-order chi connectivity index (χ0) is 22.0. The Morgan fingerprint density at radius 3 is 2.30 bits per heavy atom. The number of halogens is 2. The lowest BCUT2D eigenvalue weighted by atomic mass is 9.93. The summed E-state index contributed by atoms with van der Waals surface area (Å²) in [5.41, 5.74) is -0.772. The number of hydrogen-bond donors (Lipinski definition) is 0. The van der Waals surface area contributed by atoms with Crippen LogP contribution in [0.2, 0.25) is 0 Å². The van der Waals surface area contributed by atoms with Crippen LogP contribution >= 0.6 is 0 Å². The molecule has 0 heterocycles. The average molecular weight is 410 g/mol. The Kier molecular flexibility index (Phi) is 8.31. The number of ether oxygens (including phenoxy) is 3. The predicted octanol–water partition coefficient (Wildman–Crippen LogP) is 3.72. The number of benzene rings is 2. The number of rotatable bonds is 5. The Morgan fingerprint density at radius 1 is 1.07 bits per heavy atom. The Bertz CT molecular complexity index is 1020. The molecule has 2 aromatic rings. The van der Waals surface area contributed by atoms with Gasteiger partial charge >= 0.3 is 5.97 Å². The second kappa shape index (κ2) is 10.9. The molecule has 0 aliphatic heterocycles. The number of methoxy groups -OCH3 is 3. The van der Waals surface area contributed by atoms with E-state index in [1.54, 1.807) is 0 Å². The molecule has 6 heteroatoms. The minimum Gasteiger partial charge on any atom is -0.466 e. The first kappa shape index (κ1) is 22.8. The van der Waals surface area contributed by atoms with Crippen LogP contribution in [-0.2, 0) is 24.6 Å². The molecule has 0 N–H and O–H groups in total. The van der Waals surface area contributed by atoms with Gasteiger partial charge in [-0.3, -0.25) is 0 Å². The van der Waals surface area contributed by atoms with Gasteiger partial charge < -0.3 is 14.2 Å². The van der Waals surface area contributed by atoms with Gasteiger partial charge in [-0.2, -0.15) is 0 Å². The molecule has 0 bridgehead atoms. The summed E-state index contributed by atoms with van der Waals surface area (Å²) in [5.74, 6) is 8.50. The fourth-order valence-electron chi connectivity index (χ4n) is 2.62. The fraction of sp³-hybridized carbons (Fsp3) is 0.208. The SMILES string of the molecule is COCC#C/C(=C/C#CC(OC)(C(=O)OC)c1cc(F)cc(F)c1)c1ccccc1. The molecule has 1 unspecified atom stereocenters. The minimum absolute atomic E-state index is 0.123. The average Bonchev–Trinajstić information content (AvgIpc) is 2.75. The van der Waals surface area contributed by atoms with E-state index in [9.17, 15) is 13.6 Å². The van der Waals surface area contributed by atoms with Gasteiger partial charge in [-0.15, -0.1) is 0 Å². The monoisotopic (exact) mass is 410 g/mol. The Hall–Kier alpha value is -3.45. The summed E-state index contributed by atoms with van der Waals surface area (Å²) in [5, 5.41) is 0. The first-order valence-electron chi connectivity index (χ1n) is 8.83. The summed E-state index contributed by atoms with van der Waals surface area (Å²) < 4.78 is 42.6. The molecule has 0 aromatic heterocycles. The van der Waals surface area contributed by atoms with Crippen molar-refractivity contribution in [1.29, 1.82) is 0 Å². The standard InChI is InChI=1S/C24H20F2O4/c1-28-14-8-12-19(18-9-5-4-6-10-18)11-7-13-24(30-3,23(27)29-2)20-15-21(25)17-22(26)16-20/h4-6,9-11,15-17H,14H2,1-3H3/b19-11-. The zero-order valence-corrected chi connectivity index (χ0v) is 16.8. The van der Waals surface area contributed by atoms with Crippen LogP contribution in [0.4, 0.5) is 8.78 Å². The maximum Gasteiger partial charge on any atom is 0.355 e. The molecule has 4 nitrogen and oxygen atoms in total. The largest absolute Gasteiger partial charge is 0.466 e. The summed E-state index contributed by atoms with van der Waals surface area (Å²) in [7, 11) is 3.87. The molecule has 1 atom stereocenters. The van der Waals surface area contributed by atoms with Crippen molar-refractivity contribution in [1.82, 2.24) is 0 Å². The molecule has 0 aliphatic rings. The highest BCUT2D eigenvalue weighted by Gasteiger charge is 2.41. The van der Waals surface area contributed by atoms with Crippen molar-refractivity contribution in [2.45, 2.75) is 5.60 Å². The fourth-order valence-corrected chi connectivity index (χ4v) is 2.62. The molecule has 2 aromatic carbocycles. The maximum absolute atomic E-state index is 13.8. The number of hydrogen-bond acceptors (Lipinski definition) is 4. The highest BCUT2D eigenvalue weighted by molar-refractivity contribution is 5.86. The van der Waals surface area contributed by atoms with E-state index in [-0.39, 0.29) is 12.2 Å². The molecule has 154 valence electrons. The lowest BCUT2D eigenvalue weighted by Crippen LogP contribution is -2.37. The van der Waals surface area contributed by atoms with Crippen LogP contribution in [0.3, 0.4) is 0 Å². The van der Waals surface area contributed by atoms with Gasteiger partial charge in [0.05, 0.1) is 7.11 Å². The van der Waals surface area contributed by atoms with Crippen LogP contribution in [0.15, 0.2) is 54.6 Å². The van der Waals surface area contributed by atoms with Crippen molar-refractivity contribution in [3.63, 3.8) is 0 Å². The van der Waals surface area contributed by atoms with Gasteiger partial charge in [-0.1, -0.05) is 48.1 Å². The van der Waals surface area contributed by atoms with E-state index in [1.165, 1.54) is 20.3 Å². The van der Waals surface area contributed by atoms with Crippen molar-refractivity contribution in [3.8, 4) is 23.7 Å². The highest BCUT2D eigenvalue weighted by Crippen LogP contribution is 2.28. The topological polar surface area (TPSA) is 44.8 Å². The van der Waals surface area contributed by atoms with Crippen molar-refractivity contribution in [3.05, 3.63) is 77.4 Å². The van der Waals surface area contributed by atoms with Gasteiger partial charge in [0.25, 0.3) is 5.60 Å². The molecule has 0 spiro atoms. The van der Waals surface area contributed by atoms with Gasteiger partial charge in [0.15, 0.2) is 0 Å². The summed E-state index contributed by atoms with van der Waals surface area (Å²) in [6.07, 6.45) is 1.49. The highest BCUT2D eigenvalue weighted by atomic mass is 19.1. The van der Waals surface area contributed by atoms with E-state index >= 15 is 0 Å². The summed E-state index contributed by atoms with van der Waals surface area (Å²) >= 11 is 0. The van der Waals surface area contributed by atoms with E-state index < -0.39 is 23.2 Å². The number of carbonyl (C=O) groups is 1. The minimum atomic E-state index is -2.02. The Balaban J connectivity index is 2.59. The first-order chi connectivity index (χ1) is 14.5. The molecule has 0 amide bonds. The lowest BCUT2D eigenvalue weighted by Gasteiger charge is -2.24. The van der Waals surface area contributed by atoms with Crippen LogP contribution < -0.4 is 0 Å². The van der Waals surface area contributed by atoms with Crippen LogP contribution in [0, 0.1) is 35.3 Å². The molecular formula is C24H20F2O4. The van der Waals surface area contributed by atoms with Crippen molar-refractivity contribution in [2.75, 3.05) is 27.9 Å². The van der Waals surface area contributed by atoms with Crippen LogP contribution in [0.25, 0.3) is 5.57 Å². The quantitative estimate of drug-likeness (QED) is 0.557. The number of carbonyl (C=O) groups excluding carboxylic acids is 1. The third-order valence-electron chi connectivity index (χ3n) is 4.04. The number of esters is 1. The Labute approximate surface area is 174 Å². The van der Waals surface area contributed by atoms with Gasteiger partial charge in [-0.05, 0) is 23.6 Å². The van der Waals surface area contributed by atoms with Crippen LogP contribution in [-0.4, -0.2) is 33.9 Å². The summed E-state index contributed by atoms with van der Waals surface area (Å²) in [6, 6.07) is 11.9. The second-order valence-corrected chi connectivity index (χ2v) is 5.96. The third kappa shape index (κ3) is 5.55. The van der Waals surface area contributed by atoms with E-state index in [1.807, 2.05) is 30.3 Å². The van der Waals surface area contributed by atoms with Gasteiger partial charge in [0, 0.05) is 37.5 Å². The van der Waals surface area contributed by atoms with E-state index in [0.29, 0.717) is 11.6 Å². The smallest absolute Gasteiger partial charge is 0.355 e. The molecule has 0 fully saturated rings. The predicted molar refractivity (Wildman–Crippen MR) is 109 cm³/mol. The molecule has 2 rings (SSSR count). The lowest BCUT2D eigenvalue weighted by molar-refractivity contribution is -0.160. The zero-order valence-electron chi connectivity index (χ0n) is 16.8. The van der Waals surface area contributed by atoms with E-state index in [0.717, 1.165) is 24.8 Å². The second-order valence-electron chi connectivity index (χ2n) is 5.96. The molecule has 0 saturated carbocycles. The molecule has 0 radical (unpaired) electrons. The molecule has 0 saturated heterocycles. The third-order valence-corrected chi connectivity index (χ3v) is 4.04. The van der Waals surface area contributed by atoms with Crippen LogP contribution in [0.5, 0.6) is 0 Å². The molecular weight excluding hydrogens is 390 g/mol. The van der Waals surface area contributed by atoms with Crippen LogP contribution in [0.1, 0.15) is 11.1 Å². The van der Waals surface area contributed by atoms with E-state index in [2.05, 4.69) is 23.7 Å². The van der Waals surface area contributed by atoms with Crippen molar-refractivity contribution >= 4 is 11.5 Å². The van der Waals surface area contributed by atoms with Gasteiger partial charge in [0.2, 0.25) is 0 Å². The maximum atomic E-state index is 13.8. The van der Waals surface area contributed by atoms with Gasteiger partial charge in [-0.25, -0.2) is 13.6 Å². The molecule has 30 heavy (non-hydrogen) atoms. The molecule has 0 aliphatic carbocycles. The van der Waals surface area contributed by atoms with E-state index in [4.69, 9.17) is 14.2 Å². The summed E-state index contributed by atoms with van der Waals surface area (Å²) in [4.78, 5) is 12.5. The Morgan fingerprint density at radius 2 is 1.73 bits per heavy atom. The van der Waals surface area contributed by atoms with Gasteiger partial charge in [0.1, 0.15) is 18.2 Å². The normalized spacial score (nSPS) is 12.6. The van der Waals surface area contributed by atoms with Crippen molar-refractivity contribution < 1.29 is 27.8 Å². The number of allylic oxidation sites excluding steroid dienone is 2. The summed E-state index contributed by atoms with van der Waals surface area (Å²) in [6.45, 7) is 0.227.